The summed E-state index contributed by atoms with van der Waals surface area (Å²) in [5, 5.41) is 10.7. The van der Waals surface area contributed by atoms with E-state index in [1.165, 1.54) is 6.42 Å². The van der Waals surface area contributed by atoms with Crippen LogP contribution >= 0.6 is 0 Å². The smallest absolute Gasteiger partial charge is 0.347 e. The van der Waals surface area contributed by atoms with Gasteiger partial charge in [-0.2, -0.15) is 0 Å². The van der Waals surface area contributed by atoms with Gasteiger partial charge >= 0.3 is 11.9 Å². The van der Waals surface area contributed by atoms with Gasteiger partial charge in [0.05, 0.1) is 12.0 Å². The van der Waals surface area contributed by atoms with Crippen molar-refractivity contribution in [3.8, 4) is 0 Å². The maximum atomic E-state index is 12.3. The average Bonchev–Trinajstić information content (AvgIpc) is 2.63. The minimum atomic E-state index is -0.737. The quantitative estimate of drug-likeness (QED) is 0.807. The molecule has 0 amide bonds. The normalized spacial score (nSPS) is 49.3. The number of carbonyl (C=O) groups is 2. The number of cyclic esters (lactones) is 1. The first-order valence-corrected chi connectivity index (χ1v) is 8.47. The molecular weight excluding hydrogens is 284 g/mol. The number of ether oxygens (including phenoxy) is 2. The van der Waals surface area contributed by atoms with E-state index in [0.717, 1.165) is 25.7 Å². The van der Waals surface area contributed by atoms with Crippen LogP contribution in [0.4, 0.5) is 0 Å². The molecule has 5 nitrogen and oxygen atoms in total. The van der Waals surface area contributed by atoms with Gasteiger partial charge in [0.1, 0.15) is 6.10 Å². The minimum Gasteiger partial charge on any atom is -0.460 e. The summed E-state index contributed by atoms with van der Waals surface area (Å²) in [5.41, 5.74) is -0.671. The van der Waals surface area contributed by atoms with Gasteiger partial charge in [0.2, 0.25) is 6.10 Å². The lowest BCUT2D eigenvalue weighted by atomic mass is 9.47. The summed E-state index contributed by atoms with van der Waals surface area (Å²) in [6.07, 6.45) is 5.62. The highest BCUT2D eigenvalue weighted by molar-refractivity contribution is 5.81. The summed E-state index contributed by atoms with van der Waals surface area (Å²) in [4.78, 5) is 23.9. The summed E-state index contributed by atoms with van der Waals surface area (Å²) < 4.78 is 10.4. The van der Waals surface area contributed by atoms with Crippen molar-refractivity contribution >= 4 is 11.9 Å². The van der Waals surface area contributed by atoms with Gasteiger partial charge in [-0.1, -0.05) is 0 Å². The first-order valence-electron chi connectivity index (χ1n) is 8.47. The molecule has 0 unspecified atom stereocenters. The van der Waals surface area contributed by atoms with Gasteiger partial charge < -0.3 is 14.6 Å². The number of carbonyl (C=O) groups excluding carboxylic acids is 2. The van der Waals surface area contributed by atoms with Crippen molar-refractivity contribution in [2.75, 3.05) is 0 Å². The third kappa shape index (κ3) is 2.43. The van der Waals surface area contributed by atoms with Crippen LogP contribution in [-0.2, 0) is 19.1 Å². The molecule has 0 spiro atoms. The summed E-state index contributed by atoms with van der Waals surface area (Å²) in [5.74, 6) is 0.373. The van der Waals surface area contributed by atoms with E-state index >= 15 is 0 Å². The molecule has 1 saturated heterocycles. The Morgan fingerprint density at radius 1 is 1.27 bits per heavy atom. The fraction of sp³-hybridized carbons (Fsp3) is 0.882. The monoisotopic (exact) mass is 308 g/mol. The molecule has 0 aromatic heterocycles. The largest absolute Gasteiger partial charge is 0.460 e. The highest BCUT2D eigenvalue weighted by atomic mass is 16.6. The van der Waals surface area contributed by atoms with Crippen LogP contribution in [0, 0.1) is 17.3 Å². The number of esters is 2. The van der Waals surface area contributed by atoms with Crippen molar-refractivity contribution in [2.24, 2.45) is 17.3 Å². The van der Waals surface area contributed by atoms with E-state index in [2.05, 4.69) is 0 Å². The minimum absolute atomic E-state index is 0.107. The number of hydrogen-bond acceptors (Lipinski definition) is 5. The summed E-state index contributed by atoms with van der Waals surface area (Å²) in [6.45, 7) is 1.81. The zero-order chi connectivity index (χ0) is 15.5. The standard InChI is InChI=1S/C17H24O5/c1-10-2-13(15(19)21-10)22-14(18)8-16-4-11-3-12(5-16)7-17(20,6-11)9-16/h10-13,20H,2-9H2,1H3/t10-,11+,12+,13-,16?,17?/m0/s1. The van der Waals surface area contributed by atoms with Crippen LogP contribution in [0.5, 0.6) is 0 Å². The molecule has 0 aromatic rings. The van der Waals surface area contributed by atoms with Crippen molar-refractivity contribution in [2.45, 2.75) is 76.1 Å². The second kappa shape index (κ2) is 4.70. The van der Waals surface area contributed by atoms with Crippen LogP contribution in [0.15, 0.2) is 0 Å². The Labute approximate surface area is 130 Å². The van der Waals surface area contributed by atoms with Crippen LogP contribution in [0.3, 0.4) is 0 Å². The Bertz CT molecular complexity index is 499. The second-order valence-electron chi connectivity index (χ2n) is 8.32. The van der Waals surface area contributed by atoms with E-state index in [-0.39, 0.29) is 17.5 Å². The third-order valence-corrected chi connectivity index (χ3v) is 6.07. The van der Waals surface area contributed by atoms with E-state index < -0.39 is 17.7 Å². The van der Waals surface area contributed by atoms with Gasteiger partial charge in [0.15, 0.2) is 0 Å². The topological polar surface area (TPSA) is 72.8 Å². The third-order valence-electron chi connectivity index (χ3n) is 6.07. The lowest BCUT2D eigenvalue weighted by molar-refractivity contribution is -0.181. The van der Waals surface area contributed by atoms with E-state index in [1.54, 1.807) is 6.92 Å². The van der Waals surface area contributed by atoms with Crippen molar-refractivity contribution in [1.82, 2.24) is 0 Å². The summed E-state index contributed by atoms with van der Waals surface area (Å²) >= 11 is 0. The maximum Gasteiger partial charge on any atom is 0.347 e. The summed E-state index contributed by atoms with van der Waals surface area (Å²) in [7, 11) is 0. The second-order valence-corrected chi connectivity index (χ2v) is 8.32. The molecule has 0 aromatic carbocycles. The molecule has 0 radical (unpaired) electrons. The molecule has 4 bridgehead atoms. The molecule has 5 rings (SSSR count). The zero-order valence-corrected chi connectivity index (χ0v) is 13.0. The van der Waals surface area contributed by atoms with Gasteiger partial charge in [-0.05, 0) is 62.7 Å². The molecule has 4 atom stereocenters. The molecule has 5 aliphatic rings. The molecule has 5 fully saturated rings. The highest BCUT2D eigenvalue weighted by Gasteiger charge is 2.57. The SMILES string of the molecule is C[C@H]1C[C@H](OC(=O)CC23C[C@H]4C[C@@H](CC(O)(C4)C2)C3)C(=O)O1. The fourth-order valence-electron chi connectivity index (χ4n) is 5.93. The Morgan fingerprint density at radius 3 is 2.50 bits per heavy atom. The van der Waals surface area contributed by atoms with Crippen molar-refractivity contribution in [3.05, 3.63) is 0 Å². The first-order chi connectivity index (χ1) is 10.3. The Morgan fingerprint density at radius 2 is 1.95 bits per heavy atom. The lowest BCUT2D eigenvalue weighted by Gasteiger charge is -2.60. The van der Waals surface area contributed by atoms with E-state index in [0.29, 0.717) is 31.1 Å². The fourth-order valence-corrected chi connectivity index (χ4v) is 5.93. The molecule has 1 N–H and O–H groups in total. The Balaban J connectivity index is 1.42. The van der Waals surface area contributed by atoms with Gasteiger partial charge in [-0.3, -0.25) is 4.79 Å². The Hall–Kier alpha value is -1.10. The molecule has 122 valence electrons. The molecular formula is C17H24O5. The molecule has 1 heterocycles. The average molecular weight is 308 g/mol. The van der Waals surface area contributed by atoms with Crippen LogP contribution in [0.25, 0.3) is 0 Å². The van der Waals surface area contributed by atoms with E-state index in [9.17, 15) is 14.7 Å². The van der Waals surface area contributed by atoms with Crippen LogP contribution < -0.4 is 0 Å². The lowest BCUT2D eigenvalue weighted by Crippen LogP contribution is -2.56. The molecule has 4 aliphatic carbocycles. The van der Waals surface area contributed by atoms with Crippen molar-refractivity contribution in [1.29, 1.82) is 0 Å². The van der Waals surface area contributed by atoms with Crippen LogP contribution in [-0.4, -0.2) is 34.9 Å². The van der Waals surface area contributed by atoms with E-state index in [1.807, 2.05) is 0 Å². The van der Waals surface area contributed by atoms with Crippen LogP contribution in [0.2, 0.25) is 0 Å². The highest BCUT2D eigenvalue weighted by Crippen LogP contribution is 2.62. The van der Waals surface area contributed by atoms with Crippen LogP contribution in [0.1, 0.15) is 58.3 Å². The van der Waals surface area contributed by atoms with E-state index in [4.69, 9.17) is 9.47 Å². The zero-order valence-electron chi connectivity index (χ0n) is 13.0. The number of hydrogen-bond donors (Lipinski definition) is 1. The molecule has 4 saturated carbocycles. The molecule has 5 heteroatoms. The van der Waals surface area contributed by atoms with Gasteiger partial charge in [0, 0.05) is 6.42 Å². The van der Waals surface area contributed by atoms with Gasteiger partial charge in [0.25, 0.3) is 0 Å². The van der Waals surface area contributed by atoms with Gasteiger partial charge in [-0.25, -0.2) is 4.79 Å². The van der Waals surface area contributed by atoms with Crippen molar-refractivity contribution < 1.29 is 24.2 Å². The van der Waals surface area contributed by atoms with Crippen molar-refractivity contribution in [3.63, 3.8) is 0 Å². The number of rotatable bonds is 3. The molecule has 22 heavy (non-hydrogen) atoms. The number of aliphatic hydroxyl groups is 1. The maximum absolute atomic E-state index is 12.3. The predicted molar refractivity (Wildman–Crippen MR) is 76.7 cm³/mol. The predicted octanol–water partition coefficient (Wildman–Crippen LogP) is 1.96. The molecule has 1 aliphatic heterocycles. The first kappa shape index (κ1) is 14.5. The summed E-state index contributed by atoms with van der Waals surface area (Å²) in [6, 6.07) is 0. The Kier molecular flexibility index (Phi) is 3.09. The van der Waals surface area contributed by atoms with Gasteiger partial charge in [-0.15, -0.1) is 0 Å².